The van der Waals surface area contributed by atoms with E-state index in [2.05, 4.69) is 10.2 Å². The lowest BCUT2D eigenvalue weighted by Crippen LogP contribution is -2.26. The minimum absolute atomic E-state index is 0.117. The molecule has 1 N–H and O–H groups in total. The number of likely N-dealkylation sites (N-methyl/N-ethyl adjacent to an activating group) is 1. The van der Waals surface area contributed by atoms with Gasteiger partial charge < -0.3 is 19.7 Å². The lowest BCUT2D eigenvalue weighted by atomic mass is 10.0. The largest absolute Gasteiger partial charge is 0.484 e. The average Bonchev–Trinajstić information content (AvgIpc) is 2.98. The molecule has 0 radical (unpaired) electrons. The maximum atomic E-state index is 12.5. The topological polar surface area (TPSA) is 67.9 Å². The van der Waals surface area contributed by atoms with E-state index in [-0.39, 0.29) is 18.5 Å². The summed E-state index contributed by atoms with van der Waals surface area (Å²) in [5.74, 6) is -0.0455. The van der Waals surface area contributed by atoms with Gasteiger partial charge in [0.25, 0.3) is 5.91 Å². The molecule has 6 nitrogen and oxygen atoms in total. The van der Waals surface area contributed by atoms with Gasteiger partial charge in [-0.3, -0.25) is 4.79 Å². The van der Waals surface area contributed by atoms with E-state index in [1.54, 1.807) is 6.92 Å². The Morgan fingerprint density at radius 1 is 1.26 bits per heavy atom. The number of thiophene rings is 1. The smallest absolute Gasteiger partial charge is 0.341 e. The molecule has 0 atom stereocenters. The molecule has 2 aromatic rings. The van der Waals surface area contributed by atoms with E-state index in [1.165, 1.54) is 11.3 Å². The third kappa shape index (κ3) is 4.67. The summed E-state index contributed by atoms with van der Waals surface area (Å²) in [5.41, 5.74) is 2.61. The van der Waals surface area contributed by atoms with Crippen LogP contribution in [0.4, 0.5) is 5.00 Å². The Kier molecular flexibility index (Phi) is 6.13. The van der Waals surface area contributed by atoms with Crippen LogP contribution in [0.1, 0.15) is 33.3 Å². The highest BCUT2D eigenvalue weighted by Gasteiger charge is 2.28. The van der Waals surface area contributed by atoms with Crippen LogP contribution in [-0.4, -0.2) is 43.6 Å². The number of rotatable bonds is 6. The fraction of sp³-hybridized carbons (Fsp3) is 0.400. The van der Waals surface area contributed by atoms with Crippen molar-refractivity contribution >= 4 is 28.2 Å². The maximum Gasteiger partial charge on any atom is 0.341 e. The van der Waals surface area contributed by atoms with Gasteiger partial charge in [-0.1, -0.05) is 17.7 Å². The normalized spacial score (nSPS) is 13.7. The molecule has 144 valence electrons. The molecule has 0 spiro atoms. The van der Waals surface area contributed by atoms with Gasteiger partial charge in [0.05, 0.1) is 12.2 Å². The van der Waals surface area contributed by atoms with Crippen molar-refractivity contribution in [3.63, 3.8) is 0 Å². The van der Waals surface area contributed by atoms with Crippen LogP contribution in [0.25, 0.3) is 0 Å². The van der Waals surface area contributed by atoms with Gasteiger partial charge in [-0.25, -0.2) is 4.79 Å². The van der Waals surface area contributed by atoms with Crippen LogP contribution in [0.15, 0.2) is 24.3 Å². The second-order valence-corrected chi connectivity index (χ2v) is 7.67. The molecule has 0 bridgehead atoms. The summed E-state index contributed by atoms with van der Waals surface area (Å²) in [4.78, 5) is 28.1. The van der Waals surface area contributed by atoms with Gasteiger partial charge >= 0.3 is 5.97 Å². The number of esters is 1. The average molecular weight is 388 g/mol. The van der Waals surface area contributed by atoms with E-state index in [0.717, 1.165) is 35.5 Å². The molecule has 1 aliphatic rings. The highest BCUT2D eigenvalue weighted by Crippen LogP contribution is 2.37. The first-order valence-corrected chi connectivity index (χ1v) is 9.79. The van der Waals surface area contributed by atoms with Gasteiger partial charge in [0.1, 0.15) is 10.8 Å². The monoisotopic (exact) mass is 388 g/mol. The molecule has 0 unspecified atom stereocenters. The number of hydrogen-bond donors (Lipinski definition) is 1. The second kappa shape index (κ2) is 8.54. The van der Waals surface area contributed by atoms with Gasteiger partial charge in [-0.15, -0.1) is 11.3 Å². The molecule has 2 heterocycles. The molecule has 1 aliphatic heterocycles. The summed E-state index contributed by atoms with van der Waals surface area (Å²) in [6.07, 6.45) is 0.770. The summed E-state index contributed by atoms with van der Waals surface area (Å²) in [5, 5.41) is 3.39. The van der Waals surface area contributed by atoms with Crippen LogP contribution in [0.5, 0.6) is 5.75 Å². The molecule has 0 saturated carbocycles. The number of fused-ring (bicyclic) bond motifs is 1. The number of nitrogens with zero attached hydrogens (tertiary/aromatic N) is 1. The minimum atomic E-state index is -0.380. The number of nitrogens with one attached hydrogen (secondary N) is 1. The molecule has 1 aromatic carbocycles. The minimum Gasteiger partial charge on any atom is -0.484 e. The van der Waals surface area contributed by atoms with Crippen LogP contribution >= 0.6 is 11.3 Å². The quantitative estimate of drug-likeness (QED) is 0.770. The third-order valence-corrected chi connectivity index (χ3v) is 5.50. The molecule has 27 heavy (non-hydrogen) atoms. The Morgan fingerprint density at radius 3 is 2.70 bits per heavy atom. The number of anilines is 1. The number of hydrogen-bond acceptors (Lipinski definition) is 6. The van der Waals surface area contributed by atoms with Crippen molar-refractivity contribution in [2.45, 2.75) is 26.8 Å². The highest BCUT2D eigenvalue weighted by molar-refractivity contribution is 7.17. The van der Waals surface area contributed by atoms with Crippen LogP contribution in [-0.2, 0) is 22.5 Å². The van der Waals surface area contributed by atoms with Crippen molar-refractivity contribution in [3.05, 3.63) is 45.8 Å². The molecule has 0 fully saturated rings. The lowest BCUT2D eigenvalue weighted by molar-refractivity contribution is -0.118. The number of ether oxygens (including phenoxy) is 2. The number of carbonyl (C=O) groups excluding carboxylic acids is 2. The van der Waals surface area contributed by atoms with Gasteiger partial charge in [-0.05, 0) is 45.0 Å². The second-order valence-electron chi connectivity index (χ2n) is 6.57. The maximum absolute atomic E-state index is 12.5. The van der Waals surface area contributed by atoms with Gasteiger partial charge in [0.2, 0.25) is 0 Å². The number of benzene rings is 1. The Morgan fingerprint density at radius 2 is 2.00 bits per heavy atom. The fourth-order valence-corrected chi connectivity index (χ4v) is 4.32. The molecule has 7 heteroatoms. The van der Waals surface area contributed by atoms with E-state index in [0.29, 0.717) is 22.9 Å². The van der Waals surface area contributed by atoms with Crippen molar-refractivity contribution < 1.29 is 19.1 Å². The van der Waals surface area contributed by atoms with Crippen molar-refractivity contribution in [1.29, 1.82) is 0 Å². The summed E-state index contributed by atoms with van der Waals surface area (Å²) in [6.45, 7) is 5.59. The van der Waals surface area contributed by atoms with E-state index in [9.17, 15) is 9.59 Å². The highest BCUT2D eigenvalue weighted by atomic mass is 32.1. The third-order valence-electron chi connectivity index (χ3n) is 4.37. The first-order valence-electron chi connectivity index (χ1n) is 8.97. The number of aryl methyl sites for hydroxylation is 1. The SMILES string of the molecule is CCOC(=O)c1c(NC(=O)COc2ccc(C)cc2)sc2c1CCN(C)C2. The predicted molar refractivity (Wildman–Crippen MR) is 106 cm³/mol. The Hall–Kier alpha value is -2.38. The van der Waals surface area contributed by atoms with Gasteiger partial charge in [0.15, 0.2) is 6.61 Å². The standard InChI is InChI=1S/C20H24N2O4S/c1-4-25-20(24)18-15-9-10-22(3)11-16(15)27-19(18)21-17(23)12-26-14-7-5-13(2)6-8-14/h5-8H,4,9-12H2,1-3H3,(H,21,23). The van der Waals surface area contributed by atoms with Crippen LogP contribution in [0.2, 0.25) is 0 Å². The van der Waals surface area contributed by atoms with Crippen molar-refractivity contribution in [2.75, 3.05) is 32.1 Å². The lowest BCUT2D eigenvalue weighted by Gasteiger charge is -2.22. The van der Waals surface area contributed by atoms with Crippen LogP contribution in [0, 0.1) is 6.92 Å². The molecule has 0 saturated heterocycles. The van der Waals surface area contributed by atoms with Crippen LogP contribution < -0.4 is 10.1 Å². The van der Waals surface area contributed by atoms with Crippen LogP contribution in [0.3, 0.4) is 0 Å². The molecular weight excluding hydrogens is 364 g/mol. The van der Waals surface area contributed by atoms with E-state index >= 15 is 0 Å². The summed E-state index contributed by atoms with van der Waals surface area (Å²) < 4.78 is 10.7. The zero-order chi connectivity index (χ0) is 19.4. The van der Waals surface area contributed by atoms with Crippen molar-refractivity contribution in [3.8, 4) is 5.75 Å². The van der Waals surface area contributed by atoms with E-state index in [1.807, 2.05) is 38.2 Å². The zero-order valence-corrected chi connectivity index (χ0v) is 16.6. The Bertz CT molecular complexity index is 829. The summed E-state index contributed by atoms with van der Waals surface area (Å²) >= 11 is 1.44. The molecule has 0 aliphatic carbocycles. The van der Waals surface area contributed by atoms with Gasteiger partial charge in [-0.2, -0.15) is 0 Å². The first-order chi connectivity index (χ1) is 13.0. The Balaban J connectivity index is 1.73. The fourth-order valence-electron chi connectivity index (χ4n) is 2.98. The molecule has 1 aromatic heterocycles. The van der Waals surface area contributed by atoms with Gasteiger partial charge in [0, 0.05) is 18.0 Å². The summed E-state index contributed by atoms with van der Waals surface area (Å²) in [6, 6.07) is 7.50. The van der Waals surface area contributed by atoms with E-state index in [4.69, 9.17) is 9.47 Å². The Labute approximate surface area is 163 Å². The predicted octanol–water partition coefficient (Wildman–Crippen LogP) is 3.24. The summed E-state index contributed by atoms with van der Waals surface area (Å²) in [7, 11) is 2.04. The first kappa shape index (κ1) is 19.4. The van der Waals surface area contributed by atoms with Crippen molar-refractivity contribution in [2.24, 2.45) is 0 Å². The zero-order valence-electron chi connectivity index (χ0n) is 15.8. The molecule has 3 rings (SSSR count). The number of amides is 1. The number of carbonyl (C=O) groups is 2. The van der Waals surface area contributed by atoms with E-state index < -0.39 is 0 Å². The molecule has 1 amide bonds. The molecular formula is C20H24N2O4S. The van der Waals surface area contributed by atoms with Crippen molar-refractivity contribution in [1.82, 2.24) is 4.90 Å².